The standard InChI is InChI=1S/C15H12FNO2/c1-19-15(18)14-5-3-2-4-11(14)10-17-13-8-6-12(16)7-9-13/h2-10H,1H3. The SMILES string of the molecule is COC(=O)c1ccccc1C=Nc1ccc(F)cc1. The molecule has 0 aliphatic carbocycles. The van der Waals surface area contributed by atoms with Crippen LogP contribution >= 0.6 is 0 Å². The Hall–Kier alpha value is -2.49. The molecule has 19 heavy (non-hydrogen) atoms. The molecular weight excluding hydrogens is 245 g/mol. The van der Waals surface area contributed by atoms with E-state index in [1.165, 1.54) is 19.2 Å². The van der Waals surface area contributed by atoms with E-state index >= 15 is 0 Å². The van der Waals surface area contributed by atoms with E-state index < -0.39 is 5.97 Å². The van der Waals surface area contributed by atoms with Gasteiger partial charge in [-0.1, -0.05) is 18.2 Å². The number of carbonyl (C=O) groups excluding carboxylic acids is 1. The van der Waals surface area contributed by atoms with E-state index in [0.717, 1.165) is 0 Å². The number of rotatable bonds is 3. The number of hydrogen-bond donors (Lipinski definition) is 0. The quantitative estimate of drug-likeness (QED) is 0.624. The van der Waals surface area contributed by atoms with Crippen molar-refractivity contribution in [2.45, 2.75) is 0 Å². The van der Waals surface area contributed by atoms with Crippen LogP contribution in [0.2, 0.25) is 0 Å². The van der Waals surface area contributed by atoms with Crippen molar-refractivity contribution < 1.29 is 13.9 Å². The highest BCUT2D eigenvalue weighted by atomic mass is 19.1. The zero-order chi connectivity index (χ0) is 13.7. The van der Waals surface area contributed by atoms with Crippen LogP contribution in [0, 0.1) is 5.82 Å². The van der Waals surface area contributed by atoms with Crippen LogP contribution in [0.1, 0.15) is 15.9 Å². The van der Waals surface area contributed by atoms with E-state index in [4.69, 9.17) is 4.74 Å². The van der Waals surface area contributed by atoms with Gasteiger partial charge < -0.3 is 4.74 Å². The van der Waals surface area contributed by atoms with Crippen molar-refractivity contribution >= 4 is 17.9 Å². The fraction of sp³-hybridized carbons (Fsp3) is 0.0667. The zero-order valence-corrected chi connectivity index (χ0v) is 10.3. The summed E-state index contributed by atoms with van der Waals surface area (Å²) in [6.45, 7) is 0. The van der Waals surface area contributed by atoms with Crippen molar-refractivity contribution in [1.82, 2.24) is 0 Å². The number of hydrogen-bond acceptors (Lipinski definition) is 3. The second kappa shape index (κ2) is 5.91. The normalized spacial score (nSPS) is 10.6. The average molecular weight is 257 g/mol. The summed E-state index contributed by atoms with van der Waals surface area (Å²) in [7, 11) is 1.33. The number of methoxy groups -OCH3 is 1. The van der Waals surface area contributed by atoms with Crippen LogP contribution in [0.3, 0.4) is 0 Å². The summed E-state index contributed by atoms with van der Waals surface area (Å²) in [6, 6.07) is 12.8. The minimum Gasteiger partial charge on any atom is -0.465 e. The highest BCUT2D eigenvalue weighted by molar-refractivity contribution is 5.99. The highest BCUT2D eigenvalue weighted by Crippen LogP contribution is 2.14. The van der Waals surface area contributed by atoms with E-state index in [-0.39, 0.29) is 5.82 Å². The maximum atomic E-state index is 12.8. The van der Waals surface area contributed by atoms with Crippen LogP contribution in [-0.2, 0) is 4.74 Å². The fourth-order valence-electron chi connectivity index (χ4n) is 1.58. The Morgan fingerprint density at radius 2 is 1.84 bits per heavy atom. The number of aliphatic imine (C=N–C) groups is 1. The van der Waals surface area contributed by atoms with Gasteiger partial charge in [-0.25, -0.2) is 9.18 Å². The summed E-state index contributed by atoms with van der Waals surface area (Å²) < 4.78 is 17.4. The predicted molar refractivity (Wildman–Crippen MR) is 71.4 cm³/mol. The number of halogens is 1. The van der Waals surface area contributed by atoms with Crippen LogP contribution in [0.25, 0.3) is 0 Å². The molecule has 4 heteroatoms. The molecule has 0 aliphatic rings. The molecule has 0 heterocycles. The molecule has 0 radical (unpaired) electrons. The summed E-state index contributed by atoms with van der Waals surface area (Å²) in [5.74, 6) is -0.727. The van der Waals surface area contributed by atoms with Crippen molar-refractivity contribution in [3.8, 4) is 0 Å². The Bertz CT molecular complexity index is 606. The predicted octanol–water partition coefficient (Wildman–Crippen LogP) is 3.36. The first-order valence-corrected chi connectivity index (χ1v) is 5.67. The van der Waals surface area contributed by atoms with E-state index in [9.17, 15) is 9.18 Å². The lowest BCUT2D eigenvalue weighted by molar-refractivity contribution is 0.0600. The van der Waals surface area contributed by atoms with Gasteiger partial charge in [-0.15, -0.1) is 0 Å². The maximum absolute atomic E-state index is 12.8. The van der Waals surface area contributed by atoms with Gasteiger partial charge in [0.25, 0.3) is 0 Å². The van der Waals surface area contributed by atoms with Gasteiger partial charge in [-0.3, -0.25) is 4.99 Å². The van der Waals surface area contributed by atoms with E-state index in [0.29, 0.717) is 16.8 Å². The first-order chi connectivity index (χ1) is 9.20. The molecule has 2 aromatic rings. The zero-order valence-electron chi connectivity index (χ0n) is 10.3. The third kappa shape index (κ3) is 3.25. The third-order valence-corrected chi connectivity index (χ3v) is 2.55. The Morgan fingerprint density at radius 3 is 2.53 bits per heavy atom. The van der Waals surface area contributed by atoms with Crippen LogP contribution in [0.4, 0.5) is 10.1 Å². The molecule has 0 N–H and O–H groups in total. The van der Waals surface area contributed by atoms with Crippen molar-refractivity contribution in [2.24, 2.45) is 4.99 Å². The van der Waals surface area contributed by atoms with Gasteiger partial charge in [0.2, 0.25) is 0 Å². The molecule has 2 aromatic carbocycles. The molecule has 0 aliphatic heterocycles. The van der Waals surface area contributed by atoms with Gasteiger partial charge >= 0.3 is 5.97 Å². The number of nitrogens with zero attached hydrogens (tertiary/aromatic N) is 1. The Morgan fingerprint density at radius 1 is 1.16 bits per heavy atom. The summed E-state index contributed by atoms with van der Waals surface area (Å²) in [5, 5.41) is 0. The largest absolute Gasteiger partial charge is 0.465 e. The summed E-state index contributed by atoms with van der Waals surface area (Å²) >= 11 is 0. The molecule has 0 unspecified atom stereocenters. The number of benzene rings is 2. The minimum atomic E-state index is -0.416. The van der Waals surface area contributed by atoms with Gasteiger partial charge in [-0.2, -0.15) is 0 Å². The molecule has 0 spiro atoms. The molecule has 0 saturated heterocycles. The summed E-state index contributed by atoms with van der Waals surface area (Å²) in [6.07, 6.45) is 1.56. The minimum absolute atomic E-state index is 0.311. The molecule has 0 aromatic heterocycles. The molecule has 0 fully saturated rings. The van der Waals surface area contributed by atoms with Crippen molar-refractivity contribution in [3.05, 3.63) is 65.5 Å². The molecule has 0 atom stereocenters. The van der Waals surface area contributed by atoms with Crippen LogP contribution in [-0.4, -0.2) is 19.3 Å². The molecule has 2 rings (SSSR count). The Balaban J connectivity index is 2.28. The topological polar surface area (TPSA) is 38.7 Å². The van der Waals surface area contributed by atoms with Gasteiger partial charge in [0.1, 0.15) is 5.82 Å². The van der Waals surface area contributed by atoms with Crippen molar-refractivity contribution in [1.29, 1.82) is 0 Å². The molecule has 0 bridgehead atoms. The molecular formula is C15H12FNO2. The smallest absolute Gasteiger partial charge is 0.338 e. The summed E-state index contributed by atoms with van der Waals surface area (Å²) in [4.78, 5) is 15.8. The van der Waals surface area contributed by atoms with E-state index in [1.54, 1.807) is 42.6 Å². The van der Waals surface area contributed by atoms with E-state index in [1.807, 2.05) is 0 Å². The lowest BCUT2D eigenvalue weighted by Gasteiger charge is -2.02. The summed E-state index contributed by atoms with van der Waals surface area (Å²) in [5.41, 5.74) is 1.70. The van der Waals surface area contributed by atoms with E-state index in [2.05, 4.69) is 4.99 Å². The average Bonchev–Trinajstić information content (AvgIpc) is 2.46. The van der Waals surface area contributed by atoms with Crippen molar-refractivity contribution in [2.75, 3.05) is 7.11 Å². The van der Waals surface area contributed by atoms with Crippen LogP contribution in [0.5, 0.6) is 0 Å². The molecule has 96 valence electrons. The fourth-order valence-corrected chi connectivity index (χ4v) is 1.58. The van der Waals surface area contributed by atoms with Gasteiger partial charge in [-0.05, 0) is 30.3 Å². The first kappa shape index (κ1) is 13.0. The molecule has 3 nitrogen and oxygen atoms in total. The second-order valence-electron chi connectivity index (χ2n) is 3.81. The number of esters is 1. The Labute approximate surface area is 110 Å². The second-order valence-corrected chi connectivity index (χ2v) is 3.81. The van der Waals surface area contributed by atoms with Gasteiger partial charge in [0.15, 0.2) is 0 Å². The molecule has 0 amide bonds. The monoisotopic (exact) mass is 257 g/mol. The number of ether oxygens (including phenoxy) is 1. The maximum Gasteiger partial charge on any atom is 0.338 e. The first-order valence-electron chi connectivity index (χ1n) is 5.67. The Kier molecular flexibility index (Phi) is 4.03. The van der Waals surface area contributed by atoms with Crippen molar-refractivity contribution in [3.63, 3.8) is 0 Å². The van der Waals surface area contributed by atoms with Gasteiger partial charge in [0, 0.05) is 11.8 Å². The lowest BCUT2D eigenvalue weighted by Crippen LogP contribution is -2.04. The highest BCUT2D eigenvalue weighted by Gasteiger charge is 2.08. The van der Waals surface area contributed by atoms with Gasteiger partial charge in [0.05, 0.1) is 18.4 Å². The lowest BCUT2D eigenvalue weighted by atomic mass is 10.1. The third-order valence-electron chi connectivity index (χ3n) is 2.55. The number of carbonyl (C=O) groups is 1. The van der Waals surface area contributed by atoms with Crippen LogP contribution < -0.4 is 0 Å². The molecule has 0 saturated carbocycles. The van der Waals surface area contributed by atoms with Crippen LogP contribution in [0.15, 0.2) is 53.5 Å².